The Morgan fingerprint density at radius 2 is 2.11 bits per heavy atom. The fraction of sp³-hybridized carbons (Fsp3) is 0.267. The van der Waals surface area contributed by atoms with E-state index in [0.29, 0.717) is 6.42 Å². The van der Waals surface area contributed by atoms with Crippen LogP contribution in [0.15, 0.2) is 36.7 Å². The third-order valence-corrected chi connectivity index (χ3v) is 3.00. The highest BCUT2D eigenvalue weighted by atomic mass is 19.1. The monoisotopic (exact) mass is 260 g/mol. The minimum absolute atomic E-state index is 0.194. The molecule has 2 aromatic rings. The smallest absolute Gasteiger partial charge is 0.165 e. The van der Waals surface area contributed by atoms with Crippen LogP contribution >= 0.6 is 0 Å². The van der Waals surface area contributed by atoms with Crippen molar-refractivity contribution >= 4 is 0 Å². The number of ether oxygens (including phenoxy) is 1. The molecular formula is C15H17FN2O. The maximum absolute atomic E-state index is 13.6. The van der Waals surface area contributed by atoms with Crippen molar-refractivity contribution in [1.82, 2.24) is 4.98 Å². The Balaban J connectivity index is 2.14. The number of halogens is 1. The van der Waals surface area contributed by atoms with Crippen molar-refractivity contribution in [3.05, 3.63) is 59.2 Å². The molecule has 3 nitrogen and oxygen atoms in total. The van der Waals surface area contributed by atoms with Crippen molar-refractivity contribution in [3.8, 4) is 5.75 Å². The molecule has 0 radical (unpaired) electrons. The van der Waals surface area contributed by atoms with Gasteiger partial charge in [0.15, 0.2) is 11.6 Å². The van der Waals surface area contributed by atoms with Gasteiger partial charge in [0.25, 0.3) is 0 Å². The number of rotatable bonds is 4. The Labute approximate surface area is 112 Å². The summed E-state index contributed by atoms with van der Waals surface area (Å²) < 4.78 is 18.5. The van der Waals surface area contributed by atoms with Crippen LogP contribution in [0.4, 0.5) is 4.39 Å². The van der Waals surface area contributed by atoms with Gasteiger partial charge in [-0.15, -0.1) is 0 Å². The highest BCUT2D eigenvalue weighted by Gasteiger charge is 2.10. The molecule has 0 spiro atoms. The lowest BCUT2D eigenvalue weighted by Gasteiger charge is -2.13. The van der Waals surface area contributed by atoms with Crippen LogP contribution in [-0.2, 0) is 6.42 Å². The first-order valence-electron chi connectivity index (χ1n) is 6.09. The molecule has 1 heterocycles. The highest BCUT2D eigenvalue weighted by Crippen LogP contribution is 2.21. The first-order chi connectivity index (χ1) is 9.10. The van der Waals surface area contributed by atoms with Crippen molar-refractivity contribution in [1.29, 1.82) is 0 Å². The first kappa shape index (κ1) is 13.5. The quantitative estimate of drug-likeness (QED) is 0.919. The fourth-order valence-electron chi connectivity index (χ4n) is 1.99. The number of hydrogen-bond donors (Lipinski definition) is 1. The topological polar surface area (TPSA) is 48.1 Å². The lowest BCUT2D eigenvalue weighted by Crippen LogP contribution is -2.14. The lowest BCUT2D eigenvalue weighted by atomic mass is 10.00. The molecule has 4 heteroatoms. The first-order valence-corrected chi connectivity index (χ1v) is 6.09. The van der Waals surface area contributed by atoms with Crippen LogP contribution in [0.1, 0.15) is 22.7 Å². The molecule has 2 rings (SSSR count). The second-order valence-electron chi connectivity index (χ2n) is 4.58. The largest absolute Gasteiger partial charge is 0.494 e. The summed E-state index contributed by atoms with van der Waals surface area (Å²) in [6.07, 6.45) is 4.09. The molecule has 0 saturated heterocycles. The Morgan fingerprint density at radius 1 is 1.32 bits per heavy atom. The average molecular weight is 260 g/mol. The molecule has 1 atom stereocenters. The summed E-state index contributed by atoms with van der Waals surface area (Å²) in [6.45, 7) is 1.97. The normalized spacial score (nSPS) is 12.2. The summed E-state index contributed by atoms with van der Waals surface area (Å²) in [6, 6.07) is 6.70. The molecule has 0 amide bonds. The molecule has 0 fully saturated rings. The van der Waals surface area contributed by atoms with Gasteiger partial charge in [0.2, 0.25) is 0 Å². The number of aryl methyl sites for hydroxylation is 1. The van der Waals surface area contributed by atoms with Crippen molar-refractivity contribution in [2.75, 3.05) is 7.11 Å². The van der Waals surface area contributed by atoms with E-state index in [0.717, 1.165) is 16.7 Å². The van der Waals surface area contributed by atoms with Crippen LogP contribution < -0.4 is 10.5 Å². The third-order valence-electron chi connectivity index (χ3n) is 3.00. The molecule has 0 saturated carbocycles. The van der Waals surface area contributed by atoms with Gasteiger partial charge < -0.3 is 10.5 Å². The van der Waals surface area contributed by atoms with Crippen molar-refractivity contribution in [2.45, 2.75) is 19.4 Å². The zero-order valence-corrected chi connectivity index (χ0v) is 11.1. The highest BCUT2D eigenvalue weighted by molar-refractivity contribution is 5.31. The number of nitrogens with zero attached hydrogens (tertiary/aromatic N) is 1. The summed E-state index contributed by atoms with van der Waals surface area (Å²) in [5.41, 5.74) is 8.98. The molecule has 0 aliphatic carbocycles. The number of methoxy groups -OCH3 is 1. The molecule has 2 N–H and O–H groups in total. The van der Waals surface area contributed by atoms with Crippen molar-refractivity contribution < 1.29 is 9.13 Å². The zero-order valence-electron chi connectivity index (χ0n) is 11.1. The molecule has 100 valence electrons. The molecule has 1 aromatic heterocycles. The Hall–Kier alpha value is -1.94. The maximum atomic E-state index is 13.6. The fourth-order valence-corrected chi connectivity index (χ4v) is 1.99. The van der Waals surface area contributed by atoms with Gasteiger partial charge in [0.1, 0.15) is 0 Å². The van der Waals surface area contributed by atoms with E-state index >= 15 is 0 Å². The van der Waals surface area contributed by atoms with E-state index in [1.165, 1.54) is 13.2 Å². The molecule has 1 unspecified atom stereocenters. The van der Waals surface area contributed by atoms with Crippen LogP contribution in [-0.4, -0.2) is 12.1 Å². The standard InChI is InChI=1S/C15H17FN2O/c1-10-5-12(9-18-8-10)14(17)7-11-3-4-15(19-2)13(16)6-11/h3-6,8-9,14H,7,17H2,1-2H3. The second kappa shape index (κ2) is 5.80. The molecular weight excluding hydrogens is 243 g/mol. The van der Waals surface area contributed by atoms with Crippen LogP contribution in [0.2, 0.25) is 0 Å². The number of nitrogens with two attached hydrogens (primary N) is 1. The number of pyridine rings is 1. The SMILES string of the molecule is COc1ccc(CC(N)c2cncc(C)c2)cc1F. The zero-order chi connectivity index (χ0) is 13.8. The van der Waals surface area contributed by atoms with Crippen LogP contribution in [0.25, 0.3) is 0 Å². The van der Waals surface area contributed by atoms with Gasteiger partial charge in [-0.25, -0.2) is 4.39 Å². The molecule has 0 bridgehead atoms. The van der Waals surface area contributed by atoms with Crippen molar-refractivity contribution in [3.63, 3.8) is 0 Å². The minimum atomic E-state index is -0.366. The Morgan fingerprint density at radius 3 is 2.74 bits per heavy atom. The van der Waals surface area contributed by atoms with E-state index in [9.17, 15) is 4.39 Å². The van der Waals surface area contributed by atoms with E-state index in [1.54, 1.807) is 18.5 Å². The second-order valence-corrected chi connectivity index (χ2v) is 4.58. The number of hydrogen-bond acceptors (Lipinski definition) is 3. The molecule has 0 aliphatic rings. The Kier molecular flexibility index (Phi) is 4.12. The van der Waals surface area contributed by atoms with Gasteiger partial charge in [-0.1, -0.05) is 12.1 Å². The lowest BCUT2D eigenvalue weighted by molar-refractivity contribution is 0.386. The summed E-state index contributed by atoms with van der Waals surface area (Å²) in [4.78, 5) is 4.12. The van der Waals surface area contributed by atoms with E-state index < -0.39 is 0 Å². The van der Waals surface area contributed by atoms with Gasteiger partial charge in [-0.2, -0.15) is 0 Å². The van der Waals surface area contributed by atoms with Gasteiger partial charge in [-0.05, 0) is 42.2 Å². The van der Waals surface area contributed by atoms with Crippen LogP contribution in [0.3, 0.4) is 0 Å². The Bertz CT molecular complexity index is 572. The minimum Gasteiger partial charge on any atom is -0.494 e. The third kappa shape index (κ3) is 3.29. The maximum Gasteiger partial charge on any atom is 0.165 e. The average Bonchev–Trinajstić information content (AvgIpc) is 2.39. The van der Waals surface area contributed by atoms with E-state index in [4.69, 9.17) is 10.5 Å². The summed E-state index contributed by atoms with van der Waals surface area (Å²) in [5, 5.41) is 0. The van der Waals surface area contributed by atoms with E-state index in [1.807, 2.05) is 19.1 Å². The van der Waals surface area contributed by atoms with Gasteiger partial charge in [-0.3, -0.25) is 4.98 Å². The van der Waals surface area contributed by atoms with Crippen LogP contribution in [0, 0.1) is 12.7 Å². The molecule has 0 aliphatic heterocycles. The molecule has 19 heavy (non-hydrogen) atoms. The van der Waals surface area contributed by atoms with E-state index in [2.05, 4.69) is 4.98 Å². The van der Waals surface area contributed by atoms with Crippen molar-refractivity contribution in [2.24, 2.45) is 5.73 Å². The number of benzene rings is 1. The summed E-state index contributed by atoms with van der Waals surface area (Å²) in [7, 11) is 1.45. The van der Waals surface area contributed by atoms with Gasteiger partial charge >= 0.3 is 0 Å². The van der Waals surface area contributed by atoms with Crippen LogP contribution in [0.5, 0.6) is 5.75 Å². The number of aromatic nitrogens is 1. The predicted molar refractivity (Wildman–Crippen MR) is 72.6 cm³/mol. The molecule has 1 aromatic carbocycles. The predicted octanol–water partition coefficient (Wildman–Crippen LogP) is 2.78. The summed E-state index contributed by atoms with van der Waals surface area (Å²) in [5.74, 6) is -0.121. The van der Waals surface area contributed by atoms with Gasteiger partial charge in [0, 0.05) is 18.4 Å². The van der Waals surface area contributed by atoms with Gasteiger partial charge in [0.05, 0.1) is 7.11 Å². The van der Waals surface area contributed by atoms with E-state index in [-0.39, 0.29) is 17.6 Å². The summed E-state index contributed by atoms with van der Waals surface area (Å²) >= 11 is 0.